The summed E-state index contributed by atoms with van der Waals surface area (Å²) < 4.78 is 5.16. The molecular weight excluding hydrogens is 246 g/mol. The quantitative estimate of drug-likeness (QED) is 0.865. The van der Waals surface area contributed by atoms with E-state index in [2.05, 4.69) is 26.1 Å². The van der Waals surface area contributed by atoms with E-state index in [0.717, 1.165) is 11.4 Å². The lowest BCUT2D eigenvalue weighted by molar-refractivity contribution is 0.366. The molecule has 2 unspecified atom stereocenters. The van der Waals surface area contributed by atoms with Gasteiger partial charge < -0.3 is 10.1 Å². The van der Waals surface area contributed by atoms with Crippen LogP contribution in [0.1, 0.15) is 33.6 Å². The van der Waals surface area contributed by atoms with Gasteiger partial charge in [0.2, 0.25) is 0 Å². The summed E-state index contributed by atoms with van der Waals surface area (Å²) in [5.74, 6) is 1.42. The molecule has 1 aliphatic carbocycles. The van der Waals surface area contributed by atoms with Crippen LogP contribution in [-0.2, 0) is 0 Å². The molecule has 0 aromatic heterocycles. The van der Waals surface area contributed by atoms with Crippen LogP contribution in [0.25, 0.3) is 0 Å². The van der Waals surface area contributed by atoms with Crippen LogP contribution < -0.4 is 10.1 Å². The highest BCUT2D eigenvalue weighted by atomic mass is 35.5. The fourth-order valence-electron chi connectivity index (χ4n) is 3.06. The van der Waals surface area contributed by atoms with E-state index in [4.69, 9.17) is 16.3 Å². The summed E-state index contributed by atoms with van der Waals surface area (Å²) >= 11 is 6.14. The summed E-state index contributed by atoms with van der Waals surface area (Å²) in [4.78, 5) is 0. The van der Waals surface area contributed by atoms with Crippen molar-refractivity contribution in [1.82, 2.24) is 0 Å². The van der Waals surface area contributed by atoms with Crippen LogP contribution in [0.15, 0.2) is 18.2 Å². The standard InChI is InChI=1S/C15H22ClNO/c1-10-8-15(2,3)9-13(10)17-11-5-6-14(18-4)12(16)7-11/h5-7,10,13,17H,8-9H2,1-4H3. The minimum atomic E-state index is 0.438. The predicted molar refractivity (Wildman–Crippen MR) is 77.6 cm³/mol. The van der Waals surface area contributed by atoms with Crippen LogP contribution in [0.2, 0.25) is 5.02 Å². The average Bonchev–Trinajstić information content (AvgIpc) is 2.52. The Morgan fingerprint density at radius 2 is 2.06 bits per heavy atom. The topological polar surface area (TPSA) is 21.3 Å². The first-order chi connectivity index (χ1) is 8.41. The van der Waals surface area contributed by atoms with Crippen molar-refractivity contribution in [3.05, 3.63) is 23.2 Å². The second-order valence-corrected chi connectivity index (χ2v) is 6.56. The van der Waals surface area contributed by atoms with Crippen molar-refractivity contribution in [1.29, 1.82) is 0 Å². The zero-order valence-electron chi connectivity index (χ0n) is 11.6. The maximum Gasteiger partial charge on any atom is 0.137 e. The molecular formula is C15H22ClNO. The first kappa shape index (κ1) is 13.5. The minimum absolute atomic E-state index is 0.438. The van der Waals surface area contributed by atoms with Crippen LogP contribution in [0, 0.1) is 11.3 Å². The van der Waals surface area contributed by atoms with Crippen LogP contribution in [0.3, 0.4) is 0 Å². The van der Waals surface area contributed by atoms with Crippen molar-refractivity contribution >= 4 is 17.3 Å². The zero-order chi connectivity index (χ0) is 13.3. The number of benzene rings is 1. The summed E-state index contributed by atoms with van der Waals surface area (Å²) in [7, 11) is 1.63. The Bertz CT molecular complexity index is 431. The monoisotopic (exact) mass is 267 g/mol. The van der Waals surface area contributed by atoms with Gasteiger partial charge in [0.25, 0.3) is 0 Å². The Morgan fingerprint density at radius 1 is 1.33 bits per heavy atom. The minimum Gasteiger partial charge on any atom is -0.495 e. The molecule has 1 aliphatic rings. The van der Waals surface area contributed by atoms with E-state index in [0.29, 0.717) is 22.4 Å². The van der Waals surface area contributed by atoms with Gasteiger partial charge >= 0.3 is 0 Å². The van der Waals surface area contributed by atoms with Gasteiger partial charge in [-0.1, -0.05) is 32.4 Å². The molecule has 0 radical (unpaired) electrons. The number of methoxy groups -OCH3 is 1. The third-order valence-electron chi connectivity index (χ3n) is 3.84. The van der Waals surface area contributed by atoms with Gasteiger partial charge in [0.15, 0.2) is 0 Å². The molecule has 0 amide bonds. The van der Waals surface area contributed by atoms with Crippen molar-refractivity contribution < 1.29 is 4.74 Å². The maximum atomic E-state index is 6.14. The van der Waals surface area contributed by atoms with Crippen molar-refractivity contribution in [3.8, 4) is 5.75 Å². The Kier molecular flexibility index (Phi) is 3.76. The zero-order valence-corrected chi connectivity index (χ0v) is 12.3. The van der Waals surface area contributed by atoms with Gasteiger partial charge in [-0.05, 0) is 42.4 Å². The lowest BCUT2D eigenvalue weighted by atomic mass is 9.91. The largest absolute Gasteiger partial charge is 0.495 e. The summed E-state index contributed by atoms with van der Waals surface area (Å²) in [6, 6.07) is 6.42. The van der Waals surface area contributed by atoms with Crippen molar-refractivity contribution in [2.45, 2.75) is 39.7 Å². The highest BCUT2D eigenvalue weighted by Gasteiger charge is 2.36. The number of anilines is 1. The first-order valence-corrected chi connectivity index (χ1v) is 6.89. The van der Waals surface area contributed by atoms with Crippen LogP contribution >= 0.6 is 11.6 Å². The predicted octanol–water partition coefficient (Wildman–Crippen LogP) is 4.59. The lowest BCUT2D eigenvalue weighted by Crippen LogP contribution is -2.22. The van der Waals surface area contributed by atoms with E-state index in [1.54, 1.807) is 7.11 Å². The highest BCUT2D eigenvalue weighted by Crippen LogP contribution is 2.42. The summed E-state index contributed by atoms with van der Waals surface area (Å²) in [5.41, 5.74) is 1.52. The molecule has 1 saturated carbocycles. The normalized spacial score (nSPS) is 26.1. The van der Waals surface area contributed by atoms with Gasteiger partial charge in [-0.2, -0.15) is 0 Å². The number of nitrogens with one attached hydrogen (secondary N) is 1. The summed E-state index contributed by atoms with van der Waals surface area (Å²) in [6.45, 7) is 7.00. The molecule has 2 nitrogen and oxygen atoms in total. The van der Waals surface area contributed by atoms with E-state index in [-0.39, 0.29) is 0 Å². The van der Waals surface area contributed by atoms with Gasteiger partial charge in [-0.15, -0.1) is 0 Å². The van der Waals surface area contributed by atoms with E-state index < -0.39 is 0 Å². The second-order valence-electron chi connectivity index (χ2n) is 6.15. The van der Waals surface area contributed by atoms with Crippen LogP contribution in [0.5, 0.6) is 5.75 Å². The molecule has 100 valence electrons. The maximum absolute atomic E-state index is 6.14. The molecule has 18 heavy (non-hydrogen) atoms. The molecule has 0 saturated heterocycles. The third kappa shape index (κ3) is 2.92. The van der Waals surface area contributed by atoms with Crippen LogP contribution in [0.4, 0.5) is 5.69 Å². The SMILES string of the molecule is COc1ccc(NC2CC(C)(C)CC2C)cc1Cl. The molecule has 1 fully saturated rings. The molecule has 0 heterocycles. The van der Waals surface area contributed by atoms with Gasteiger partial charge in [0.1, 0.15) is 5.75 Å². The van der Waals surface area contributed by atoms with Crippen molar-refractivity contribution in [3.63, 3.8) is 0 Å². The number of ether oxygens (including phenoxy) is 1. The van der Waals surface area contributed by atoms with Gasteiger partial charge in [-0.3, -0.25) is 0 Å². The van der Waals surface area contributed by atoms with Crippen molar-refractivity contribution in [2.24, 2.45) is 11.3 Å². The molecule has 2 atom stereocenters. The Morgan fingerprint density at radius 3 is 2.56 bits per heavy atom. The smallest absolute Gasteiger partial charge is 0.137 e. The average molecular weight is 268 g/mol. The summed E-state index contributed by atoms with van der Waals surface area (Å²) in [5, 5.41) is 4.26. The molecule has 2 rings (SSSR count). The number of halogens is 1. The summed E-state index contributed by atoms with van der Waals surface area (Å²) in [6.07, 6.45) is 2.48. The molecule has 3 heteroatoms. The van der Waals surface area contributed by atoms with E-state index >= 15 is 0 Å². The van der Waals surface area contributed by atoms with Crippen molar-refractivity contribution in [2.75, 3.05) is 12.4 Å². The van der Waals surface area contributed by atoms with E-state index in [1.807, 2.05) is 18.2 Å². The first-order valence-electron chi connectivity index (χ1n) is 6.51. The van der Waals surface area contributed by atoms with E-state index in [1.165, 1.54) is 12.8 Å². The molecule has 1 N–H and O–H groups in total. The number of rotatable bonds is 3. The lowest BCUT2D eigenvalue weighted by Gasteiger charge is -2.20. The fourth-order valence-corrected chi connectivity index (χ4v) is 3.31. The number of hydrogen-bond donors (Lipinski definition) is 1. The van der Waals surface area contributed by atoms with Gasteiger partial charge in [0.05, 0.1) is 12.1 Å². The molecule has 1 aromatic carbocycles. The van der Waals surface area contributed by atoms with Gasteiger partial charge in [-0.25, -0.2) is 0 Å². The molecule has 0 bridgehead atoms. The van der Waals surface area contributed by atoms with Gasteiger partial charge in [0, 0.05) is 11.7 Å². The number of hydrogen-bond acceptors (Lipinski definition) is 2. The highest BCUT2D eigenvalue weighted by molar-refractivity contribution is 6.32. The second kappa shape index (κ2) is 5.00. The Balaban J connectivity index is 2.08. The Hall–Kier alpha value is -0.890. The molecule has 0 spiro atoms. The molecule has 0 aliphatic heterocycles. The third-order valence-corrected chi connectivity index (χ3v) is 4.13. The van der Waals surface area contributed by atoms with E-state index in [9.17, 15) is 0 Å². The van der Waals surface area contributed by atoms with Crippen LogP contribution in [-0.4, -0.2) is 13.2 Å². The Labute approximate surface area is 115 Å². The fraction of sp³-hybridized carbons (Fsp3) is 0.600. The molecule has 1 aromatic rings.